The number of thiophene rings is 1. The first kappa shape index (κ1) is 21.1. The van der Waals surface area contributed by atoms with Crippen LogP contribution in [0.15, 0.2) is 63.8 Å². The van der Waals surface area contributed by atoms with Crippen molar-refractivity contribution in [1.82, 2.24) is 14.9 Å². The van der Waals surface area contributed by atoms with Gasteiger partial charge in [-0.05, 0) is 24.6 Å². The SMILES string of the molecule is Cc1ccc(-c2csc3ncnc(SCC(=O)N(CCC#N)Cc4ccco4)c23)cc1. The Morgan fingerprint density at radius 1 is 1.26 bits per heavy atom. The van der Waals surface area contributed by atoms with E-state index in [-0.39, 0.29) is 18.1 Å². The molecule has 0 bridgehead atoms. The third kappa shape index (κ3) is 4.95. The molecule has 0 spiro atoms. The number of hydrogen-bond donors (Lipinski definition) is 0. The quantitative estimate of drug-likeness (QED) is 0.269. The largest absolute Gasteiger partial charge is 0.467 e. The molecule has 3 heterocycles. The van der Waals surface area contributed by atoms with E-state index >= 15 is 0 Å². The predicted octanol–water partition coefficient (Wildman–Crippen LogP) is 5.29. The van der Waals surface area contributed by atoms with E-state index in [1.54, 1.807) is 34.9 Å². The maximum Gasteiger partial charge on any atom is 0.233 e. The molecule has 0 aliphatic heterocycles. The van der Waals surface area contributed by atoms with Crippen molar-refractivity contribution in [3.63, 3.8) is 0 Å². The van der Waals surface area contributed by atoms with Gasteiger partial charge >= 0.3 is 0 Å². The van der Waals surface area contributed by atoms with E-state index < -0.39 is 0 Å². The molecule has 31 heavy (non-hydrogen) atoms. The van der Waals surface area contributed by atoms with Crippen molar-refractivity contribution in [2.45, 2.75) is 24.9 Å². The second-order valence-corrected chi connectivity index (χ2v) is 8.79. The van der Waals surface area contributed by atoms with Crippen LogP contribution in [-0.2, 0) is 11.3 Å². The Morgan fingerprint density at radius 3 is 2.84 bits per heavy atom. The van der Waals surface area contributed by atoms with E-state index in [0.29, 0.717) is 18.8 Å². The lowest BCUT2D eigenvalue weighted by Crippen LogP contribution is -2.32. The summed E-state index contributed by atoms with van der Waals surface area (Å²) in [7, 11) is 0. The van der Waals surface area contributed by atoms with Gasteiger partial charge in [0.25, 0.3) is 0 Å². The first-order valence-corrected chi connectivity index (χ1v) is 11.6. The van der Waals surface area contributed by atoms with Gasteiger partial charge in [0.05, 0.1) is 36.4 Å². The molecule has 0 N–H and O–H groups in total. The van der Waals surface area contributed by atoms with Crippen LogP contribution in [0.5, 0.6) is 0 Å². The highest BCUT2D eigenvalue weighted by Gasteiger charge is 2.18. The number of aryl methyl sites for hydroxylation is 1. The van der Waals surface area contributed by atoms with Gasteiger partial charge in [0.2, 0.25) is 5.91 Å². The summed E-state index contributed by atoms with van der Waals surface area (Å²) in [5, 5.41) is 12.8. The topological polar surface area (TPSA) is 83.0 Å². The number of thioether (sulfide) groups is 1. The molecule has 0 aliphatic carbocycles. The van der Waals surface area contributed by atoms with Gasteiger partial charge in [0, 0.05) is 17.5 Å². The Morgan fingerprint density at radius 2 is 2.10 bits per heavy atom. The summed E-state index contributed by atoms with van der Waals surface area (Å²) in [6, 6.07) is 14.1. The molecular weight excluding hydrogens is 428 g/mol. The Labute approximate surface area is 188 Å². The van der Waals surface area contributed by atoms with Crippen LogP contribution in [0.4, 0.5) is 0 Å². The number of furan rings is 1. The standard InChI is InChI=1S/C23H20N4O2S2/c1-16-5-7-17(8-6-16)19-13-30-22-21(19)23(26-15-25-22)31-14-20(28)27(10-3-9-24)12-18-4-2-11-29-18/h2,4-8,11,13,15H,3,10,12,14H2,1H3. The van der Waals surface area contributed by atoms with Crippen molar-refractivity contribution < 1.29 is 9.21 Å². The molecule has 0 radical (unpaired) electrons. The zero-order chi connectivity index (χ0) is 21.6. The number of nitrogens with zero attached hydrogens (tertiary/aromatic N) is 4. The summed E-state index contributed by atoms with van der Waals surface area (Å²) in [5.41, 5.74) is 3.38. The van der Waals surface area contributed by atoms with Gasteiger partial charge in [-0.1, -0.05) is 41.6 Å². The van der Waals surface area contributed by atoms with Gasteiger partial charge in [-0.15, -0.1) is 11.3 Å². The summed E-state index contributed by atoms with van der Waals surface area (Å²) in [4.78, 5) is 24.4. The lowest BCUT2D eigenvalue weighted by Gasteiger charge is -2.20. The summed E-state index contributed by atoms with van der Waals surface area (Å²) in [6.45, 7) is 2.77. The van der Waals surface area contributed by atoms with Crippen molar-refractivity contribution in [3.05, 3.63) is 65.7 Å². The zero-order valence-corrected chi connectivity index (χ0v) is 18.6. The summed E-state index contributed by atoms with van der Waals surface area (Å²) >= 11 is 2.97. The first-order chi connectivity index (χ1) is 15.2. The number of aromatic nitrogens is 2. The third-order valence-corrected chi connectivity index (χ3v) is 6.66. The van der Waals surface area contributed by atoms with Crippen LogP contribution in [-0.4, -0.2) is 33.1 Å². The number of fused-ring (bicyclic) bond motifs is 1. The zero-order valence-electron chi connectivity index (χ0n) is 16.9. The van der Waals surface area contributed by atoms with E-state index in [4.69, 9.17) is 9.68 Å². The number of rotatable bonds is 8. The predicted molar refractivity (Wildman–Crippen MR) is 123 cm³/mol. The molecule has 1 amide bonds. The van der Waals surface area contributed by atoms with Crippen molar-refractivity contribution in [1.29, 1.82) is 5.26 Å². The normalized spacial score (nSPS) is 10.8. The average Bonchev–Trinajstić information content (AvgIpc) is 3.45. The molecular formula is C23H20N4O2S2. The molecule has 0 atom stereocenters. The molecule has 6 nitrogen and oxygen atoms in total. The molecule has 156 valence electrons. The van der Waals surface area contributed by atoms with Crippen LogP contribution in [0, 0.1) is 18.3 Å². The summed E-state index contributed by atoms with van der Waals surface area (Å²) in [5.74, 6) is 0.859. The van der Waals surface area contributed by atoms with Crippen molar-refractivity contribution in [2.24, 2.45) is 0 Å². The van der Waals surface area contributed by atoms with E-state index in [2.05, 4.69) is 52.6 Å². The lowest BCUT2D eigenvalue weighted by atomic mass is 10.1. The highest BCUT2D eigenvalue weighted by Crippen LogP contribution is 2.38. The molecule has 3 aromatic heterocycles. The van der Waals surface area contributed by atoms with Crippen LogP contribution >= 0.6 is 23.1 Å². The fraction of sp³-hybridized carbons (Fsp3) is 0.217. The van der Waals surface area contributed by atoms with Crippen molar-refractivity contribution >= 4 is 39.2 Å². The van der Waals surface area contributed by atoms with Crippen LogP contribution in [0.25, 0.3) is 21.3 Å². The first-order valence-electron chi connectivity index (χ1n) is 9.75. The monoisotopic (exact) mass is 448 g/mol. The van der Waals surface area contributed by atoms with E-state index in [1.165, 1.54) is 17.3 Å². The van der Waals surface area contributed by atoms with Gasteiger partial charge in [-0.25, -0.2) is 9.97 Å². The number of benzene rings is 1. The molecule has 1 aromatic carbocycles. The van der Waals surface area contributed by atoms with Crippen LogP contribution in [0.1, 0.15) is 17.7 Å². The summed E-state index contributed by atoms with van der Waals surface area (Å²) < 4.78 is 5.37. The lowest BCUT2D eigenvalue weighted by molar-refractivity contribution is -0.129. The maximum atomic E-state index is 12.9. The number of nitriles is 1. The van der Waals surface area contributed by atoms with Crippen LogP contribution in [0.2, 0.25) is 0 Å². The second-order valence-electron chi connectivity index (χ2n) is 6.97. The van der Waals surface area contributed by atoms with Gasteiger partial charge in [0.1, 0.15) is 21.9 Å². The van der Waals surface area contributed by atoms with Gasteiger partial charge in [-0.2, -0.15) is 5.26 Å². The van der Waals surface area contributed by atoms with E-state index in [0.717, 1.165) is 26.4 Å². The van der Waals surface area contributed by atoms with Crippen molar-refractivity contribution in [3.8, 4) is 17.2 Å². The van der Waals surface area contributed by atoms with Gasteiger partial charge in [-0.3, -0.25) is 4.79 Å². The minimum Gasteiger partial charge on any atom is -0.467 e. The number of hydrogen-bond acceptors (Lipinski definition) is 7. The fourth-order valence-electron chi connectivity index (χ4n) is 3.19. The van der Waals surface area contributed by atoms with E-state index in [9.17, 15) is 4.79 Å². The second kappa shape index (κ2) is 9.77. The van der Waals surface area contributed by atoms with Gasteiger partial charge in [0.15, 0.2) is 0 Å². The Balaban J connectivity index is 1.55. The Hall–Kier alpha value is -3.15. The molecule has 0 unspecified atom stereocenters. The Bertz CT molecular complexity index is 1210. The maximum absolute atomic E-state index is 12.9. The molecule has 4 rings (SSSR count). The smallest absolute Gasteiger partial charge is 0.233 e. The number of carbonyl (C=O) groups excluding carboxylic acids is 1. The minimum atomic E-state index is -0.0597. The molecule has 4 aromatic rings. The van der Waals surface area contributed by atoms with E-state index in [1.807, 2.05) is 6.07 Å². The molecule has 0 aliphatic rings. The average molecular weight is 449 g/mol. The molecule has 0 fully saturated rings. The van der Waals surface area contributed by atoms with Gasteiger partial charge < -0.3 is 9.32 Å². The molecule has 0 saturated carbocycles. The molecule has 8 heteroatoms. The third-order valence-electron chi connectivity index (χ3n) is 4.80. The summed E-state index contributed by atoms with van der Waals surface area (Å²) in [6.07, 6.45) is 3.40. The van der Waals surface area contributed by atoms with Crippen molar-refractivity contribution in [2.75, 3.05) is 12.3 Å². The molecule has 0 saturated heterocycles. The Kier molecular flexibility index (Phi) is 6.65. The fourth-order valence-corrected chi connectivity index (χ4v) is 5.09. The number of carbonyl (C=O) groups is 1. The number of amides is 1. The highest BCUT2D eigenvalue weighted by molar-refractivity contribution is 8.00. The minimum absolute atomic E-state index is 0.0597. The van der Waals surface area contributed by atoms with Crippen LogP contribution in [0.3, 0.4) is 0 Å². The highest BCUT2D eigenvalue weighted by atomic mass is 32.2. The van der Waals surface area contributed by atoms with Crippen LogP contribution < -0.4 is 0 Å².